The second-order valence-electron chi connectivity index (χ2n) is 3.64. The first-order chi connectivity index (χ1) is 6.82. The molecule has 0 saturated carbocycles. The first kappa shape index (κ1) is 14.4. The molecule has 0 aromatic carbocycles. The molecule has 0 heterocycles. The van der Waals surface area contributed by atoms with Gasteiger partial charge in [0.2, 0.25) is 10.0 Å². The standard InChI is InChI=1S/C9H19NO4S/c1-4-8(5-2)6-15(13,14)10-7(3)9(11)12/h7-8,10H,4-6H2,1-3H3,(H,11,12)/t7-/m1/s1. The van der Waals surface area contributed by atoms with Crippen molar-refractivity contribution in [3.63, 3.8) is 0 Å². The van der Waals surface area contributed by atoms with Gasteiger partial charge in [-0.1, -0.05) is 26.7 Å². The van der Waals surface area contributed by atoms with Crippen LogP contribution in [0.1, 0.15) is 33.6 Å². The predicted molar refractivity (Wildman–Crippen MR) is 58.1 cm³/mol. The predicted octanol–water partition coefficient (Wildman–Crippen LogP) is 0.815. The molecule has 90 valence electrons. The monoisotopic (exact) mass is 237 g/mol. The van der Waals surface area contributed by atoms with Crippen molar-refractivity contribution < 1.29 is 18.3 Å². The van der Waals surface area contributed by atoms with Crippen LogP contribution in [0.4, 0.5) is 0 Å². The quantitative estimate of drug-likeness (QED) is 0.686. The summed E-state index contributed by atoms with van der Waals surface area (Å²) in [5.74, 6) is -1.08. The lowest BCUT2D eigenvalue weighted by molar-refractivity contribution is -0.138. The molecule has 0 aliphatic carbocycles. The van der Waals surface area contributed by atoms with Crippen molar-refractivity contribution in [3.05, 3.63) is 0 Å². The molecule has 0 bridgehead atoms. The minimum atomic E-state index is -3.48. The SMILES string of the molecule is CCC(CC)CS(=O)(=O)N[C@H](C)C(=O)O. The van der Waals surface area contributed by atoms with Gasteiger partial charge in [0, 0.05) is 0 Å². The molecule has 6 heteroatoms. The number of nitrogens with one attached hydrogen (secondary N) is 1. The molecule has 0 aliphatic rings. The molecule has 0 rings (SSSR count). The maximum atomic E-state index is 11.5. The van der Waals surface area contributed by atoms with Crippen LogP contribution in [0.15, 0.2) is 0 Å². The number of aliphatic carboxylic acids is 1. The zero-order valence-corrected chi connectivity index (χ0v) is 10.2. The molecule has 0 amide bonds. The average molecular weight is 237 g/mol. The van der Waals surface area contributed by atoms with Crippen molar-refractivity contribution in [1.29, 1.82) is 0 Å². The molecule has 0 unspecified atom stereocenters. The summed E-state index contributed by atoms with van der Waals surface area (Å²) in [6.45, 7) is 5.15. The summed E-state index contributed by atoms with van der Waals surface area (Å²) >= 11 is 0. The summed E-state index contributed by atoms with van der Waals surface area (Å²) in [4.78, 5) is 10.5. The van der Waals surface area contributed by atoms with Crippen LogP contribution in [-0.4, -0.2) is 31.3 Å². The van der Waals surface area contributed by atoms with E-state index in [-0.39, 0.29) is 11.7 Å². The van der Waals surface area contributed by atoms with Crippen LogP contribution in [0.3, 0.4) is 0 Å². The summed E-state index contributed by atoms with van der Waals surface area (Å²) in [6.07, 6.45) is 1.55. The van der Waals surface area contributed by atoms with Gasteiger partial charge >= 0.3 is 5.97 Å². The summed E-state index contributed by atoms with van der Waals surface area (Å²) < 4.78 is 25.1. The van der Waals surface area contributed by atoms with Crippen LogP contribution in [0, 0.1) is 5.92 Å². The van der Waals surface area contributed by atoms with Gasteiger partial charge in [-0.15, -0.1) is 0 Å². The molecule has 0 spiro atoms. The fraction of sp³-hybridized carbons (Fsp3) is 0.889. The van der Waals surface area contributed by atoms with Crippen molar-refractivity contribution in [2.75, 3.05) is 5.75 Å². The first-order valence-corrected chi connectivity index (χ1v) is 6.70. The largest absolute Gasteiger partial charge is 0.480 e. The number of sulfonamides is 1. The van der Waals surface area contributed by atoms with Crippen LogP contribution >= 0.6 is 0 Å². The van der Waals surface area contributed by atoms with E-state index in [0.717, 1.165) is 12.8 Å². The average Bonchev–Trinajstić information content (AvgIpc) is 2.13. The lowest BCUT2D eigenvalue weighted by atomic mass is 10.1. The van der Waals surface area contributed by atoms with Gasteiger partial charge in [-0.2, -0.15) is 0 Å². The van der Waals surface area contributed by atoms with Gasteiger partial charge in [0.05, 0.1) is 5.75 Å². The molecule has 5 nitrogen and oxygen atoms in total. The number of carbonyl (C=O) groups is 1. The van der Waals surface area contributed by atoms with E-state index in [0.29, 0.717) is 0 Å². The molecule has 1 atom stereocenters. The molecule has 0 saturated heterocycles. The van der Waals surface area contributed by atoms with Crippen LogP contribution in [0.2, 0.25) is 0 Å². The maximum absolute atomic E-state index is 11.5. The molecular formula is C9H19NO4S. The van der Waals surface area contributed by atoms with Gasteiger partial charge in [-0.05, 0) is 12.8 Å². The Labute approximate surface area is 90.9 Å². The second kappa shape index (κ2) is 6.07. The van der Waals surface area contributed by atoms with Crippen LogP contribution in [-0.2, 0) is 14.8 Å². The lowest BCUT2D eigenvalue weighted by Crippen LogP contribution is -2.40. The minimum Gasteiger partial charge on any atom is -0.480 e. The van der Waals surface area contributed by atoms with Gasteiger partial charge in [-0.3, -0.25) is 4.79 Å². The van der Waals surface area contributed by atoms with Crippen molar-refractivity contribution in [2.24, 2.45) is 5.92 Å². The molecule has 0 aromatic heterocycles. The molecule has 15 heavy (non-hydrogen) atoms. The summed E-state index contributed by atoms with van der Waals surface area (Å²) in [5.41, 5.74) is 0. The van der Waals surface area contributed by atoms with Crippen LogP contribution in [0.25, 0.3) is 0 Å². The molecular weight excluding hydrogens is 218 g/mol. The van der Waals surface area contributed by atoms with Crippen molar-refractivity contribution >= 4 is 16.0 Å². The second-order valence-corrected chi connectivity index (χ2v) is 5.44. The Kier molecular flexibility index (Phi) is 5.82. The molecule has 0 radical (unpaired) electrons. The number of rotatable bonds is 7. The summed E-state index contributed by atoms with van der Waals surface area (Å²) in [5, 5.41) is 8.57. The van der Waals surface area contributed by atoms with Gasteiger partial charge in [0.15, 0.2) is 0 Å². The molecule has 0 fully saturated rings. The Morgan fingerprint density at radius 3 is 2.13 bits per heavy atom. The molecule has 0 aliphatic heterocycles. The number of carboxylic acids is 1. The van der Waals surface area contributed by atoms with Crippen molar-refractivity contribution in [1.82, 2.24) is 4.72 Å². The van der Waals surface area contributed by atoms with Crippen LogP contribution < -0.4 is 4.72 Å². The third-order valence-electron chi connectivity index (χ3n) is 2.34. The van der Waals surface area contributed by atoms with E-state index in [9.17, 15) is 13.2 Å². The van der Waals surface area contributed by atoms with E-state index < -0.39 is 22.0 Å². The van der Waals surface area contributed by atoms with E-state index in [1.165, 1.54) is 6.92 Å². The Morgan fingerprint density at radius 1 is 1.33 bits per heavy atom. The summed E-state index contributed by atoms with van der Waals surface area (Å²) in [7, 11) is -3.48. The summed E-state index contributed by atoms with van der Waals surface area (Å²) in [6, 6.07) is -1.07. The third-order valence-corrected chi connectivity index (χ3v) is 3.96. The zero-order valence-electron chi connectivity index (χ0n) is 9.36. The topological polar surface area (TPSA) is 83.5 Å². The van der Waals surface area contributed by atoms with Crippen molar-refractivity contribution in [3.8, 4) is 0 Å². The number of hydrogen-bond donors (Lipinski definition) is 2. The van der Waals surface area contributed by atoms with E-state index >= 15 is 0 Å². The normalized spacial score (nSPS) is 14.1. The van der Waals surface area contributed by atoms with Crippen molar-refractivity contribution in [2.45, 2.75) is 39.7 Å². The van der Waals surface area contributed by atoms with E-state index in [1.807, 2.05) is 13.8 Å². The maximum Gasteiger partial charge on any atom is 0.321 e. The number of carboxylic acid groups (broad SMARTS) is 1. The van der Waals surface area contributed by atoms with Gasteiger partial charge in [-0.25, -0.2) is 13.1 Å². The highest BCUT2D eigenvalue weighted by Gasteiger charge is 2.21. The third kappa shape index (κ3) is 5.74. The number of hydrogen-bond acceptors (Lipinski definition) is 3. The fourth-order valence-corrected chi connectivity index (χ4v) is 3.03. The van der Waals surface area contributed by atoms with E-state index in [4.69, 9.17) is 5.11 Å². The highest BCUT2D eigenvalue weighted by Crippen LogP contribution is 2.10. The Bertz CT molecular complexity index is 295. The van der Waals surface area contributed by atoms with Crippen LogP contribution in [0.5, 0.6) is 0 Å². The zero-order chi connectivity index (χ0) is 12.1. The Balaban J connectivity index is 4.37. The lowest BCUT2D eigenvalue weighted by Gasteiger charge is -2.15. The Morgan fingerprint density at radius 2 is 1.80 bits per heavy atom. The van der Waals surface area contributed by atoms with E-state index in [1.54, 1.807) is 0 Å². The first-order valence-electron chi connectivity index (χ1n) is 5.05. The van der Waals surface area contributed by atoms with Gasteiger partial charge in [0.1, 0.15) is 6.04 Å². The molecule has 2 N–H and O–H groups in total. The highest BCUT2D eigenvalue weighted by atomic mass is 32.2. The van der Waals surface area contributed by atoms with Gasteiger partial charge in [0.25, 0.3) is 0 Å². The Hall–Kier alpha value is -0.620. The minimum absolute atomic E-state index is 0.00236. The smallest absolute Gasteiger partial charge is 0.321 e. The van der Waals surface area contributed by atoms with E-state index in [2.05, 4.69) is 4.72 Å². The highest BCUT2D eigenvalue weighted by molar-refractivity contribution is 7.89. The fourth-order valence-electron chi connectivity index (χ4n) is 1.20. The van der Waals surface area contributed by atoms with Gasteiger partial charge < -0.3 is 5.11 Å². The molecule has 0 aromatic rings.